The maximum Gasteiger partial charge on any atom is 0.267 e. The number of amides is 1. The van der Waals surface area contributed by atoms with Gasteiger partial charge in [0, 0.05) is 43.1 Å². The molecule has 0 aromatic heterocycles. The van der Waals surface area contributed by atoms with Crippen molar-refractivity contribution in [1.29, 1.82) is 5.26 Å². The third-order valence-electron chi connectivity index (χ3n) is 5.06. The van der Waals surface area contributed by atoms with Gasteiger partial charge in [0.25, 0.3) is 5.91 Å². The molecule has 1 heterocycles. The summed E-state index contributed by atoms with van der Waals surface area (Å²) in [6.07, 6.45) is 1.48. The first kappa shape index (κ1) is 22.8. The molecule has 0 aliphatic carbocycles. The Labute approximate surface area is 187 Å². The van der Waals surface area contributed by atoms with E-state index in [2.05, 4.69) is 5.32 Å². The average molecular weight is 459 g/mol. The van der Waals surface area contributed by atoms with Crippen LogP contribution >= 0.6 is 11.6 Å². The van der Waals surface area contributed by atoms with Gasteiger partial charge in [0.05, 0.1) is 4.90 Å². The number of sulfonamides is 1. The highest BCUT2D eigenvalue weighted by Crippen LogP contribution is 2.21. The predicted molar refractivity (Wildman–Crippen MR) is 120 cm³/mol. The lowest BCUT2D eigenvalue weighted by atomic mass is 10.2. The Balaban J connectivity index is 1.66. The van der Waals surface area contributed by atoms with Crippen molar-refractivity contribution in [2.75, 3.05) is 31.5 Å². The minimum Gasteiger partial charge on any atom is -0.373 e. The molecule has 7 nitrogen and oxygen atoms in total. The number of nitrogens with one attached hydrogen (secondary N) is 1. The van der Waals surface area contributed by atoms with Crippen LogP contribution in [0.25, 0.3) is 0 Å². The van der Waals surface area contributed by atoms with Crippen molar-refractivity contribution in [3.05, 3.63) is 70.4 Å². The number of nitriles is 1. The standard InChI is InChI=1S/C22H23ClN4O3S/c1-16-3-7-20(8-4-16)31(29,30)27-11-9-26(10-12-27)15-18(14-24)22(28)25-21-13-19(23)6-5-17(21)2/h3-8,13,15H,9-12H2,1-2H3,(H,25,28)/b18-15-. The molecule has 1 fully saturated rings. The summed E-state index contributed by atoms with van der Waals surface area (Å²) < 4.78 is 27.1. The summed E-state index contributed by atoms with van der Waals surface area (Å²) in [5.41, 5.74) is 2.29. The van der Waals surface area contributed by atoms with Crippen LogP contribution in [0.15, 0.2) is 59.1 Å². The van der Waals surface area contributed by atoms with Gasteiger partial charge in [-0.15, -0.1) is 0 Å². The highest BCUT2D eigenvalue weighted by Gasteiger charge is 2.28. The summed E-state index contributed by atoms with van der Waals surface area (Å²) >= 11 is 5.98. The van der Waals surface area contributed by atoms with Crippen LogP contribution in [-0.2, 0) is 14.8 Å². The number of nitrogens with zero attached hydrogens (tertiary/aromatic N) is 3. The molecule has 1 aliphatic rings. The van der Waals surface area contributed by atoms with Gasteiger partial charge in [-0.2, -0.15) is 9.57 Å². The van der Waals surface area contributed by atoms with Crippen molar-refractivity contribution >= 4 is 33.2 Å². The van der Waals surface area contributed by atoms with E-state index in [0.717, 1.165) is 11.1 Å². The van der Waals surface area contributed by atoms with Gasteiger partial charge in [-0.1, -0.05) is 35.4 Å². The number of carbonyl (C=O) groups excluding carboxylic acids is 1. The molecule has 2 aromatic rings. The zero-order valence-corrected chi connectivity index (χ0v) is 18.9. The Morgan fingerprint density at radius 2 is 1.74 bits per heavy atom. The van der Waals surface area contributed by atoms with E-state index in [-0.39, 0.29) is 23.6 Å². The Kier molecular flexibility index (Phi) is 7.01. The molecule has 162 valence electrons. The third kappa shape index (κ3) is 5.44. The fourth-order valence-corrected chi connectivity index (χ4v) is 4.77. The maximum absolute atomic E-state index is 12.8. The molecule has 0 spiro atoms. The van der Waals surface area contributed by atoms with Crippen molar-refractivity contribution < 1.29 is 13.2 Å². The first-order valence-electron chi connectivity index (χ1n) is 9.71. The van der Waals surface area contributed by atoms with Gasteiger partial charge in [-0.3, -0.25) is 4.79 Å². The second-order valence-electron chi connectivity index (χ2n) is 7.32. The van der Waals surface area contributed by atoms with Crippen molar-refractivity contribution in [2.24, 2.45) is 0 Å². The number of aryl methyl sites for hydroxylation is 2. The average Bonchev–Trinajstić information content (AvgIpc) is 2.75. The number of halogens is 1. The van der Waals surface area contributed by atoms with E-state index in [0.29, 0.717) is 23.8 Å². The van der Waals surface area contributed by atoms with Gasteiger partial charge < -0.3 is 10.2 Å². The summed E-state index contributed by atoms with van der Waals surface area (Å²) in [5.74, 6) is -0.539. The molecule has 1 N–H and O–H groups in total. The second-order valence-corrected chi connectivity index (χ2v) is 9.70. The molecule has 3 rings (SSSR count). The van der Waals surface area contributed by atoms with E-state index in [1.54, 1.807) is 47.4 Å². The minimum atomic E-state index is -3.57. The molecule has 0 unspecified atom stereocenters. The molecule has 1 amide bonds. The number of hydrogen-bond donors (Lipinski definition) is 1. The lowest BCUT2D eigenvalue weighted by Crippen LogP contribution is -2.46. The van der Waals surface area contributed by atoms with Crippen LogP contribution in [0, 0.1) is 25.2 Å². The van der Waals surface area contributed by atoms with E-state index < -0.39 is 15.9 Å². The Morgan fingerprint density at radius 1 is 1.10 bits per heavy atom. The Hall–Kier alpha value is -2.86. The summed E-state index contributed by atoms with van der Waals surface area (Å²) in [5, 5.41) is 12.6. The predicted octanol–water partition coefficient (Wildman–Crippen LogP) is 3.31. The summed E-state index contributed by atoms with van der Waals surface area (Å²) in [6.45, 7) is 5.01. The van der Waals surface area contributed by atoms with Crippen LogP contribution in [0.4, 0.5) is 5.69 Å². The topological polar surface area (TPSA) is 93.5 Å². The van der Waals surface area contributed by atoms with Crippen LogP contribution in [0.2, 0.25) is 5.02 Å². The van der Waals surface area contributed by atoms with E-state index in [1.165, 1.54) is 10.5 Å². The zero-order valence-electron chi connectivity index (χ0n) is 17.3. The number of carbonyl (C=O) groups is 1. The first-order valence-corrected chi connectivity index (χ1v) is 11.5. The van der Waals surface area contributed by atoms with Gasteiger partial charge in [0.2, 0.25) is 10.0 Å². The molecule has 0 bridgehead atoms. The van der Waals surface area contributed by atoms with Crippen molar-refractivity contribution in [3.8, 4) is 6.07 Å². The molecule has 31 heavy (non-hydrogen) atoms. The first-order chi connectivity index (χ1) is 14.7. The number of hydrogen-bond acceptors (Lipinski definition) is 5. The van der Waals surface area contributed by atoms with Gasteiger partial charge in [-0.25, -0.2) is 8.42 Å². The molecule has 1 aliphatic heterocycles. The molecule has 0 radical (unpaired) electrons. The van der Waals surface area contributed by atoms with Crippen molar-refractivity contribution in [3.63, 3.8) is 0 Å². The minimum absolute atomic E-state index is 0.0609. The lowest BCUT2D eigenvalue weighted by Gasteiger charge is -2.33. The lowest BCUT2D eigenvalue weighted by molar-refractivity contribution is -0.112. The molecule has 2 aromatic carbocycles. The molecular formula is C22H23ClN4O3S. The van der Waals surface area contributed by atoms with Crippen molar-refractivity contribution in [2.45, 2.75) is 18.7 Å². The smallest absolute Gasteiger partial charge is 0.267 e. The molecule has 0 atom stereocenters. The van der Waals surface area contributed by atoms with Crippen LogP contribution in [0.5, 0.6) is 0 Å². The SMILES string of the molecule is Cc1ccc(S(=O)(=O)N2CCN(/C=C(/C#N)C(=O)Nc3cc(Cl)ccc3C)CC2)cc1. The highest BCUT2D eigenvalue weighted by molar-refractivity contribution is 7.89. The van der Waals surface area contributed by atoms with Gasteiger partial charge >= 0.3 is 0 Å². The second kappa shape index (κ2) is 9.52. The number of rotatable bonds is 5. The Morgan fingerprint density at radius 3 is 2.35 bits per heavy atom. The van der Waals surface area contributed by atoms with E-state index in [9.17, 15) is 18.5 Å². The van der Waals surface area contributed by atoms with Crippen LogP contribution in [0.1, 0.15) is 11.1 Å². The fourth-order valence-electron chi connectivity index (χ4n) is 3.17. The molecule has 9 heteroatoms. The summed E-state index contributed by atoms with van der Waals surface area (Å²) in [4.78, 5) is 14.6. The van der Waals surface area contributed by atoms with E-state index >= 15 is 0 Å². The highest BCUT2D eigenvalue weighted by atomic mass is 35.5. The summed E-state index contributed by atoms with van der Waals surface area (Å²) in [6, 6.07) is 13.8. The molecule has 1 saturated heterocycles. The van der Waals surface area contributed by atoms with Gasteiger partial charge in [0.1, 0.15) is 11.6 Å². The van der Waals surface area contributed by atoms with Crippen LogP contribution in [0.3, 0.4) is 0 Å². The molecule has 0 saturated carbocycles. The van der Waals surface area contributed by atoms with Crippen molar-refractivity contribution in [1.82, 2.24) is 9.21 Å². The largest absolute Gasteiger partial charge is 0.373 e. The number of piperazine rings is 1. The maximum atomic E-state index is 12.8. The fraction of sp³-hybridized carbons (Fsp3) is 0.273. The monoisotopic (exact) mass is 458 g/mol. The van der Waals surface area contributed by atoms with Gasteiger partial charge in [0.15, 0.2) is 0 Å². The Bertz CT molecular complexity index is 1150. The van der Waals surface area contributed by atoms with Gasteiger partial charge in [-0.05, 0) is 43.7 Å². The third-order valence-corrected chi connectivity index (χ3v) is 7.20. The van der Waals surface area contributed by atoms with Crippen LogP contribution in [-0.4, -0.2) is 49.7 Å². The number of anilines is 1. The quantitative estimate of drug-likeness (QED) is 0.548. The zero-order chi connectivity index (χ0) is 22.6. The number of benzene rings is 2. The normalized spacial score (nSPS) is 15.4. The summed E-state index contributed by atoms with van der Waals surface area (Å²) in [7, 11) is -3.57. The van der Waals surface area contributed by atoms with Crippen LogP contribution < -0.4 is 5.32 Å². The molecular weight excluding hydrogens is 436 g/mol. The van der Waals surface area contributed by atoms with E-state index in [4.69, 9.17) is 11.6 Å². The van der Waals surface area contributed by atoms with E-state index in [1.807, 2.05) is 19.9 Å².